The predicted octanol–water partition coefficient (Wildman–Crippen LogP) is 5.22. The fourth-order valence-electron chi connectivity index (χ4n) is 3.11. The molecule has 2 aromatic heterocycles. The number of benzene rings is 1. The predicted molar refractivity (Wildman–Crippen MR) is 125 cm³/mol. The molecule has 0 fully saturated rings. The Morgan fingerprint density at radius 2 is 1.57 bits per heavy atom. The van der Waals surface area contributed by atoms with E-state index in [0.717, 1.165) is 6.07 Å². The van der Waals surface area contributed by atoms with Gasteiger partial charge in [-0.15, -0.1) is 10.00 Å². The van der Waals surface area contributed by atoms with Gasteiger partial charge in [0.15, 0.2) is 5.65 Å². The maximum absolute atomic E-state index is 14.7. The number of pyridine rings is 1. The van der Waals surface area contributed by atoms with E-state index in [4.69, 9.17) is 9.47 Å². The number of aromatic carboxylic acids is 1. The van der Waals surface area contributed by atoms with E-state index in [-0.39, 0.29) is 28.3 Å². The number of imide groups is 1. The Bertz CT molecular complexity index is 1290. The first kappa shape index (κ1) is 25.6. The third kappa shape index (κ3) is 5.92. The van der Waals surface area contributed by atoms with Crippen LogP contribution in [0.15, 0.2) is 30.5 Å². The standard InChI is InChI=1S/C24H27FN4O6/c1-13-10-17(25)16(12-15(13)19(30)31)14-8-9-28-18(11-14)26-20(27-28)29(21(32)34-23(2,3)4)22(33)35-24(5,6)7/h8-12H,1-7H3,(H,30,31). The molecule has 10 nitrogen and oxygen atoms in total. The first-order chi connectivity index (χ1) is 16.1. The summed E-state index contributed by atoms with van der Waals surface area (Å²) >= 11 is 0. The zero-order valence-electron chi connectivity index (χ0n) is 20.5. The third-order valence-electron chi connectivity index (χ3n) is 4.53. The minimum atomic E-state index is -1.18. The van der Waals surface area contributed by atoms with E-state index in [9.17, 15) is 23.9 Å². The van der Waals surface area contributed by atoms with E-state index in [1.807, 2.05) is 0 Å². The second-order valence-electron chi connectivity index (χ2n) is 9.88. The molecular formula is C24H27FN4O6. The number of nitrogens with zero attached hydrogens (tertiary/aromatic N) is 4. The average molecular weight is 487 g/mol. The highest BCUT2D eigenvalue weighted by atomic mass is 19.1. The number of aryl methyl sites for hydroxylation is 1. The summed E-state index contributed by atoms with van der Waals surface area (Å²) < 4.78 is 26.6. The first-order valence-electron chi connectivity index (χ1n) is 10.7. The molecule has 0 radical (unpaired) electrons. The van der Waals surface area contributed by atoms with E-state index >= 15 is 0 Å². The minimum Gasteiger partial charge on any atom is -0.478 e. The monoisotopic (exact) mass is 486 g/mol. The van der Waals surface area contributed by atoms with E-state index in [1.54, 1.807) is 41.5 Å². The molecule has 0 aliphatic heterocycles. The van der Waals surface area contributed by atoms with Crippen LogP contribution in [0.5, 0.6) is 0 Å². The summed E-state index contributed by atoms with van der Waals surface area (Å²) in [7, 11) is 0. The van der Waals surface area contributed by atoms with Crippen LogP contribution in [-0.4, -0.2) is 49.1 Å². The molecule has 0 saturated carbocycles. The van der Waals surface area contributed by atoms with Crippen molar-refractivity contribution in [1.29, 1.82) is 0 Å². The number of hydrogen-bond donors (Lipinski definition) is 1. The van der Waals surface area contributed by atoms with Crippen LogP contribution in [0.25, 0.3) is 16.8 Å². The molecule has 0 atom stereocenters. The molecule has 35 heavy (non-hydrogen) atoms. The topological polar surface area (TPSA) is 123 Å². The zero-order chi connectivity index (χ0) is 26.3. The van der Waals surface area contributed by atoms with Gasteiger partial charge in [0.25, 0.3) is 5.95 Å². The van der Waals surface area contributed by atoms with E-state index in [1.165, 1.54) is 35.8 Å². The van der Waals surface area contributed by atoms with Crippen LogP contribution >= 0.6 is 0 Å². The fraction of sp³-hybridized carbons (Fsp3) is 0.375. The number of fused-ring (bicyclic) bond motifs is 1. The van der Waals surface area contributed by atoms with Gasteiger partial charge in [0.2, 0.25) is 0 Å². The van der Waals surface area contributed by atoms with Gasteiger partial charge >= 0.3 is 18.2 Å². The van der Waals surface area contributed by atoms with Gasteiger partial charge in [0.05, 0.1) is 5.56 Å². The zero-order valence-corrected chi connectivity index (χ0v) is 20.5. The minimum absolute atomic E-state index is 0.0375. The second-order valence-corrected chi connectivity index (χ2v) is 9.88. The van der Waals surface area contributed by atoms with E-state index < -0.39 is 35.2 Å². The molecule has 0 unspecified atom stereocenters. The molecule has 0 aliphatic carbocycles. The normalized spacial score (nSPS) is 11.9. The van der Waals surface area contributed by atoms with Gasteiger partial charge in [-0.2, -0.15) is 4.98 Å². The van der Waals surface area contributed by atoms with Crippen molar-refractivity contribution >= 4 is 29.8 Å². The number of carbonyl (C=O) groups excluding carboxylic acids is 2. The van der Waals surface area contributed by atoms with Crippen LogP contribution in [0.1, 0.15) is 57.5 Å². The van der Waals surface area contributed by atoms with Crippen LogP contribution in [0.4, 0.5) is 19.9 Å². The number of carboxylic acids is 1. The van der Waals surface area contributed by atoms with Crippen molar-refractivity contribution in [1.82, 2.24) is 14.6 Å². The number of carboxylic acid groups (broad SMARTS) is 1. The lowest BCUT2D eigenvalue weighted by molar-refractivity contribution is 0.0426. The first-order valence-corrected chi connectivity index (χ1v) is 10.7. The molecule has 2 amide bonds. The number of aromatic nitrogens is 3. The summed E-state index contributed by atoms with van der Waals surface area (Å²) in [5.41, 5.74) is -1.01. The molecule has 0 spiro atoms. The van der Waals surface area contributed by atoms with Gasteiger partial charge in [0.1, 0.15) is 17.0 Å². The van der Waals surface area contributed by atoms with Gasteiger partial charge in [-0.25, -0.2) is 23.3 Å². The Morgan fingerprint density at radius 3 is 2.09 bits per heavy atom. The number of carbonyl (C=O) groups is 3. The largest absolute Gasteiger partial charge is 0.478 e. The summed E-state index contributed by atoms with van der Waals surface area (Å²) in [6.45, 7) is 11.4. The maximum Gasteiger partial charge on any atom is 0.427 e. The smallest absolute Gasteiger partial charge is 0.427 e. The van der Waals surface area contributed by atoms with Crippen LogP contribution < -0.4 is 4.90 Å². The number of ether oxygens (including phenoxy) is 2. The lowest BCUT2D eigenvalue weighted by atomic mass is 9.99. The Labute approximate surface area is 201 Å². The molecule has 0 aliphatic rings. The molecule has 1 aromatic carbocycles. The van der Waals surface area contributed by atoms with Crippen molar-refractivity contribution in [2.75, 3.05) is 4.90 Å². The van der Waals surface area contributed by atoms with Crippen molar-refractivity contribution < 1.29 is 33.4 Å². The average Bonchev–Trinajstić information content (AvgIpc) is 3.07. The van der Waals surface area contributed by atoms with Crippen molar-refractivity contribution in [2.24, 2.45) is 0 Å². The van der Waals surface area contributed by atoms with E-state index in [0.29, 0.717) is 10.5 Å². The molecular weight excluding hydrogens is 459 g/mol. The molecule has 3 aromatic rings. The quantitative estimate of drug-likeness (QED) is 0.535. The summed E-state index contributed by atoms with van der Waals surface area (Å²) in [5.74, 6) is -2.10. The highest BCUT2D eigenvalue weighted by Crippen LogP contribution is 2.28. The molecule has 11 heteroatoms. The highest BCUT2D eigenvalue weighted by Gasteiger charge is 2.35. The Hall–Kier alpha value is -4.02. The van der Waals surface area contributed by atoms with Gasteiger partial charge in [-0.05, 0) is 83.9 Å². The number of halogens is 1. The van der Waals surface area contributed by atoms with E-state index in [2.05, 4.69) is 10.1 Å². The van der Waals surface area contributed by atoms with Crippen LogP contribution in [0.2, 0.25) is 0 Å². The molecule has 0 bridgehead atoms. The maximum atomic E-state index is 14.7. The van der Waals surface area contributed by atoms with Gasteiger partial charge in [-0.3, -0.25) is 0 Å². The fourth-order valence-corrected chi connectivity index (χ4v) is 3.11. The number of anilines is 1. The highest BCUT2D eigenvalue weighted by molar-refractivity contribution is 6.08. The molecule has 0 saturated heterocycles. The van der Waals surface area contributed by atoms with Crippen molar-refractivity contribution in [3.63, 3.8) is 0 Å². The van der Waals surface area contributed by atoms with Crippen molar-refractivity contribution in [3.8, 4) is 11.1 Å². The lowest BCUT2D eigenvalue weighted by Crippen LogP contribution is -2.44. The van der Waals surface area contributed by atoms with Crippen LogP contribution in [0, 0.1) is 12.7 Å². The SMILES string of the molecule is Cc1cc(F)c(-c2ccn3nc(N(C(=O)OC(C)(C)C)C(=O)OC(C)(C)C)nc3c2)cc1C(=O)O. The Balaban J connectivity index is 2.08. The van der Waals surface area contributed by atoms with Crippen molar-refractivity contribution in [3.05, 3.63) is 47.4 Å². The third-order valence-corrected chi connectivity index (χ3v) is 4.53. The number of amides is 2. The van der Waals surface area contributed by atoms with Crippen LogP contribution in [0.3, 0.4) is 0 Å². The summed E-state index contributed by atoms with van der Waals surface area (Å²) in [6, 6.07) is 5.35. The van der Waals surface area contributed by atoms with Crippen molar-refractivity contribution in [2.45, 2.75) is 59.7 Å². The molecule has 2 heterocycles. The summed E-state index contributed by atoms with van der Waals surface area (Å²) in [4.78, 5) is 42.0. The lowest BCUT2D eigenvalue weighted by Gasteiger charge is -2.26. The number of hydrogen-bond acceptors (Lipinski definition) is 7. The Morgan fingerprint density at radius 1 is 1.00 bits per heavy atom. The van der Waals surface area contributed by atoms with Gasteiger partial charge in [-0.1, -0.05) is 0 Å². The molecule has 3 rings (SSSR count). The molecule has 186 valence electrons. The molecule has 1 N–H and O–H groups in total. The summed E-state index contributed by atoms with van der Waals surface area (Å²) in [6.07, 6.45) is -0.611. The second kappa shape index (κ2) is 8.97. The van der Waals surface area contributed by atoms with Gasteiger partial charge in [0, 0.05) is 11.8 Å². The van der Waals surface area contributed by atoms with Gasteiger partial charge < -0.3 is 14.6 Å². The number of rotatable bonds is 3. The Kier molecular flexibility index (Phi) is 6.56. The van der Waals surface area contributed by atoms with Crippen LogP contribution in [-0.2, 0) is 9.47 Å². The summed E-state index contributed by atoms with van der Waals surface area (Å²) in [5, 5.41) is 13.6.